The predicted molar refractivity (Wildman–Crippen MR) is 111 cm³/mol. The van der Waals surface area contributed by atoms with Crippen LogP contribution >= 0.6 is 0 Å². The number of benzene rings is 1. The van der Waals surface area contributed by atoms with Gasteiger partial charge in [-0.3, -0.25) is 4.90 Å². The highest BCUT2D eigenvalue weighted by molar-refractivity contribution is 5.64. The smallest absolute Gasteiger partial charge is 0.143 e. The lowest BCUT2D eigenvalue weighted by atomic mass is 10.1. The first-order chi connectivity index (χ1) is 14.3. The quantitative estimate of drug-likeness (QED) is 0.811. The van der Waals surface area contributed by atoms with Crippen molar-refractivity contribution in [3.63, 3.8) is 0 Å². The molecule has 3 heterocycles. The van der Waals surface area contributed by atoms with Crippen molar-refractivity contribution in [1.82, 2.24) is 14.5 Å². The third kappa shape index (κ3) is 3.93. The van der Waals surface area contributed by atoms with Gasteiger partial charge in [-0.15, -0.1) is 0 Å². The van der Waals surface area contributed by atoms with E-state index in [1.165, 1.54) is 12.8 Å². The standard InChI is InChI=1S/C23H31N3O3/c27-12-9-20-15-25-14-17(13-18(25)16-28-20)26-11-10-24-23(26)21-7-3-4-8-22(21)29-19-5-1-2-6-19/h3-4,7-8,10-11,17-20,27H,1-2,5-6,9,12-16H2/t17-,18-,20-/m0/s1. The van der Waals surface area contributed by atoms with E-state index < -0.39 is 0 Å². The molecule has 0 amide bonds. The summed E-state index contributed by atoms with van der Waals surface area (Å²) < 4.78 is 14.7. The van der Waals surface area contributed by atoms with E-state index in [9.17, 15) is 5.11 Å². The number of hydrogen-bond acceptors (Lipinski definition) is 5. The van der Waals surface area contributed by atoms with E-state index in [4.69, 9.17) is 14.5 Å². The van der Waals surface area contributed by atoms with Crippen LogP contribution in [0.25, 0.3) is 11.4 Å². The van der Waals surface area contributed by atoms with Crippen molar-refractivity contribution in [1.29, 1.82) is 0 Å². The van der Waals surface area contributed by atoms with Gasteiger partial charge >= 0.3 is 0 Å². The normalized spacial score (nSPS) is 28.0. The zero-order valence-corrected chi connectivity index (χ0v) is 16.9. The minimum Gasteiger partial charge on any atom is -0.490 e. The van der Waals surface area contributed by atoms with E-state index in [0.717, 1.165) is 62.5 Å². The molecule has 0 spiro atoms. The maximum Gasteiger partial charge on any atom is 0.143 e. The number of fused-ring (bicyclic) bond motifs is 1. The average molecular weight is 398 g/mol. The molecule has 0 bridgehead atoms. The number of aliphatic hydroxyl groups excluding tert-OH is 1. The third-order valence-electron chi connectivity index (χ3n) is 6.71. The monoisotopic (exact) mass is 397 g/mol. The summed E-state index contributed by atoms with van der Waals surface area (Å²) >= 11 is 0. The first-order valence-electron chi connectivity index (χ1n) is 11.1. The zero-order valence-electron chi connectivity index (χ0n) is 16.9. The summed E-state index contributed by atoms with van der Waals surface area (Å²) in [6.45, 7) is 2.86. The zero-order chi connectivity index (χ0) is 19.6. The summed E-state index contributed by atoms with van der Waals surface area (Å²) in [5.74, 6) is 1.95. The van der Waals surface area contributed by atoms with Crippen molar-refractivity contribution in [2.75, 3.05) is 26.3 Å². The van der Waals surface area contributed by atoms with Crippen LogP contribution < -0.4 is 4.74 Å². The number of rotatable bonds is 6. The van der Waals surface area contributed by atoms with Crippen molar-refractivity contribution < 1.29 is 14.6 Å². The molecule has 2 saturated heterocycles. The van der Waals surface area contributed by atoms with Crippen LogP contribution in [0, 0.1) is 0 Å². The minimum atomic E-state index is 0.151. The second-order valence-electron chi connectivity index (χ2n) is 8.64. The van der Waals surface area contributed by atoms with Crippen molar-refractivity contribution in [2.24, 2.45) is 0 Å². The SMILES string of the molecule is OCC[C@H]1CN2C[C@@H](n3ccnc3-c3ccccc3OC3CCCC3)C[C@H]2CO1. The van der Waals surface area contributed by atoms with Crippen LogP contribution in [-0.4, -0.2) is 64.1 Å². The molecular weight excluding hydrogens is 366 g/mol. The van der Waals surface area contributed by atoms with Gasteiger partial charge in [0.1, 0.15) is 11.6 Å². The summed E-state index contributed by atoms with van der Waals surface area (Å²) in [4.78, 5) is 7.26. The van der Waals surface area contributed by atoms with Gasteiger partial charge in [0.05, 0.1) is 24.4 Å². The van der Waals surface area contributed by atoms with E-state index in [1.54, 1.807) is 0 Å². The maximum atomic E-state index is 9.23. The molecule has 0 unspecified atom stereocenters. The first-order valence-corrected chi connectivity index (χ1v) is 11.1. The molecule has 6 nitrogen and oxygen atoms in total. The fourth-order valence-corrected chi connectivity index (χ4v) is 5.19. The molecule has 2 aromatic rings. The molecule has 5 rings (SSSR count). The second-order valence-corrected chi connectivity index (χ2v) is 8.64. The molecule has 1 N–H and O–H groups in total. The highest BCUT2D eigenvalue weighted by Gasteiger charge is 2.38. The van der Waals surface area contributed by atoms with Crippen LogP contribution in [0.3, 0.4) is 0 Å². The van der Waals surface area contributed by atoms with Crippen molar-refractivity contribution >= 4 is 0 Å². The summed E-state index contributed by atoms with van der Waals surface area (Å²) in [5, 5.41) is 9.23. The Hall–Kier alpha value is -1.89. The molecule has 1 saturated carbocycles. The van der Waals surface area contributed by atoms with E-state index in [-0.39, 0.29) is 12.7 Å². The fourth-order valence-electron chi connectivity index (χ4n) is 5.19. The number of aromatic nitrogens is 2. The number of nitrogens with zero attached hydrogens (tertiary/aromatic N) is 3. The summed E-state index contributed by atoms with van der Waals surface area (Å²) in [5.41, 5.74) is 1.09. The minimum absolute atomic E-state index is 0.151. The Labute approximate surface area is 172 Å². The lowest BCUT2D eigenvalue weighted by molar-refractivity contribution is -0.0567. The molecule has 1 aromatic heterocycles. The van der Waals surface area contributed by atoms with Gasteiger partial charge in [-0.05, 0) is 50.7 Å². The van der Waals surface area contributed by atoms with Gasteiger partial charge in [-0.25, -0.2) is 4.98 Å². The number of imidazole rings is 1. The predicted octanol–water partition coefficient (Wildman–Crippen LogP) is 3.27. The van der Waals surface area contributed by atoms with Crippen LogP contribution in [-0.2, 0) is 4.74 Å². The van der Waals surface area contributed by atoms with Crippen LogP contribution in [0.5, 0.6) is 5.75 Å². The average Bonchev–Trinajstić information content (AvgIpc) is 3.48. The number of para-hydroxylation sites is 1. The lowest BCUT2D eigenvalue weighted by Crippen LogP contribution is -2.46. The molecule has 29 heavy (non-hydrogen) atoms. The molecule has 3 fully saturated rings. The second kappa shape index (κ2) is 8.46. The highest BCUT2D eigenvalue weighted by atomic mass is 16.5. The number of ether oxygens (including phenoxy) is 2. The van der Waals surface area contributed by atoms with Crippen molar-refractivity contribution in [2.45, 2.75) is 62.8 Å². The Kier molecular flexibility index (Phi) is 5.57. The fraction of sp³-hybridized carbons (Fsp3) is 0.609. The first kappa shape index (κ1) is 19.1. The Bertz CT molecular complexity index is 817. The molecule has 156 valence electrons. The van der Waals surface area contributed by atoms with Gasteiger partial charge in [0.15, 0.2) is 0 Å². The molecule has 1 aliphatic carbocycles. The largest absolute Gasteiger partial charge is 0.490 e. The van der Waals surface area contributed by atoms with Gasteiger partial charge in [0.25, 0.3) is 0 Å². The van der Waals surface area contributed by atoms with Gasteiger partial charge in [-0.1, -0.05) is 12.1 Å². The van der Waals surface area contributed by atoms with Crippen LogP contribution in [0.4, 0.5) is 0 Å². The molecule has 1 aromatic carbocycles. The Morgan fingerprint density at radius 2 is 2.00 bits per heavy atom. The Morgan fingerprint density at radius 3 is 2.86 bits per heavy atom. The summed E-state index contributed by atoms with van der Waals surface area (Å²) in [6.07, 6.45) is 11.1. The van der Waals surface area contributed by atoms with Crippen LogP contribution in [0.1, 0.15) is 44.6 Å². The number of morpholine rings is 1. The van der Waals surface area contributed by atoms with Gasteiger partial charge in [0, 0.05) is 44.2 Å². The van der Waals surface area contributed by atoms with E-state index >= 15 is 0 Å². The molecule has 6 heteroatoms. The van der Waals surface area contributed by atoms with Gasteiger partial charge in [-0.2, -0.15) is 0 Å². The Balaban J connectivity index is 1.36. The van der Waals surface area contributed by atoms with Crippen LogP contribution in [0.15, 0.2) is 36.7 Å². The van der Waals surface area contributed by atoms with E-state index in [0.29, 0.717) is 18.2 Å². The van der Waals surface area contributed by atoms with E-state index in [2.05, 4.69) is 39.9 Å². The molecular formula is C23H31N3O3. The summed E-state index contributed by atoms with van der Waals surface area (Å²) in [6, 6.07) is 9.17. The van der Waals surface area contributed by atoms with Gasteiger partial charge < -0.3 is 19.1 Å². The molecule has 3 atom stereocenters. The van der Waals surface area contributed by atoms with E-state index in [1.807, 2.05) is 6.20 Å². The molecule has 0 radical (unpaired) electrons. The Morgan fingerprint density at radius 1 is 1.14 bits per heavy atom. The molecule has 3 aliphatic rings. The number of hydrogen-bond donors (Lipinski definition) is 1. The maximum absolute atomic E-state index is 9.23. The van der Waals surface area contributed by atoms with Crippen molar-refractivity contribution in [3.8, 4) is 17.1 Å². The third-order valence-corrected chi connectivity index (χ3v) is 6.71. The lowest BCUT2D eigenvalue weighted by Gasteiger charge is -2.34. The number of aliphatic hydroxyl groups is 1. The molecule has 2 aliphatic heterocycles. The summed E-state index contributed by atoms with van der Waals surface area (Å²) in [7, 11) is 0. The van der Waals surface area contributed by atoms with Crippen LogP contribution in [0.2, 0.25) is 0 Å². The topological polar surface area (TPSA) is 59.8 Å². The van der Waals surface area contributed by atoms with Gasteiger partial charge in [0.2, 0.25) is 0 Å². The van der Waals surface area contributed by atoms with Crippen molar-refractivity contribution in [3.05, 3.63) is 36.7 Å². The highest BCUT2D eigenvalue weighted by Crippen LogP contribution is 2.37.